The number of nitriles is 1. The van der Waals surface area contributed by atoms with Gasteiger partial charge in [0.25, 0.3) is 0 Å². The van der Waals surface area contributed by atoms with Gasteiger partial charge >= 0.3 is 6.18 Å². The fourth-order valence-corrected chi connectivity index (χ4v) is 1.43. The summed E-state index contributed by atoms with van der Waals surface area (Å²) in [7, 11) is 0. The Balaban J connectivity index is 2.44. The molecule has 1 aromatic carbocycles. The number of nitrogens with two attached hydrogens (primary N) is 1. The van der Waals surface area contributed by atoms with Crippen molar-refractivity contribution in [3.8, 4) is 17.7 Å². The molecule has 1 aromatic heterocycles. The lowest BCUT2D eigenvalue weighted by Crippen LogP contribution is -2.08. The Hall–Kier alpha value is -2.82. The van der Waals surface area contributed by atoms with Crippen molar-refractivity contribution in [1.29, 1.82) is 5.26 Å². The Morgan fingerprint density at radius 2 is 1.95 bits per heavy atom. The summed E-state index contributed by atoms with van der Waals surface area (Å²) in [5.41, 5.74) is 4.21. The van der Waals surface area contributed by atoms with Gasteiger partial charge in [-0.05, 0) is 18.2 Å². The van der Waals surface area contributed by atoms with Crippen LogP contribution in [0, 0.1) is 11.3 Å². The van der Waals surface area contributed by atoms with E-state index in [9.17, 15) is 13.2 Å². The van der Waals surface area contributed by atoms with Crippen LogP contribution in [-0.2, 0) is 6.18 Å². The van der Waals surface area contributed by atoms with Crippen molar-refractivity contribution < 1.29 is 17.9 Å². The molecule has 0 radical (unpaired) electrons. The number of nitrogen functional groups attached to an aromatic ring is 1. The molecular formula is C12H7F3N4O. The summed E-state index contributed by atoms with van der Waals surface area (Å²) >= 11 is 0. The zero-order valence-corrected chi connectivity index (χ0v) is 9.85. The van der Waals surface area contributed by atoms with Crippen LogP contribution in [0.3, 0.4) is 0 Å². The van der Waals surface area contributed by atoms with Crippen LogP contribution in [-0.4, -0.2) is 9.97 Å². The van der Waals surface area contributed by atoms with Crippen LogP contribution in [0.2, 0.25) is 0 Å². The predicted octanol–water partition coefficient (Wildman–Crippen LogP) is 2.74. The smallest absolute Gasteiger partial charge is 0.420 e. The Morgan fingerprint density at radius 1 is 1.20 bits per heavy atom. The van der Waals surface area contributed by atoms with E-state index in [1.165, 1.54) is 12.1 Å². The van der Waals surface area contributed by atoms with Gasteiger partial charge in [-0.2, -0.15) is 18.4 Å². The van der Waals surface area contributed by atoms with Crippen molar-refractivity contribution in [3.05, 3.63) is 41.7 Å². The zero-order chi connectivity index (χ0) is 14.8. The number of alkyl halides is 3. The molecule has 0 saturated heterocycles. The van der Waals surface area contributed by atoms with Crippen molar-refractivity contribution in [2.24, 2.45) is 0 Å². The molecule has 20 heavy (non-hydrogen) atoms. The minimum absolute atomic E-state index is 0.0669. The van der Waals surface area contributed by atoms with Crippen molar-refractivity contribution in [1.82, 2.24) is 9.97 Å². The maximum atomic E-state index is 12.9. The van der Waals surface area contributed by atoms with E-state index in [4.69, 9.17) is 15.7 Å². The van der Waals surface area contributed by atoms with E-state index in [0.29, 0.717) is 6.07 Å². The predicted molar refractivity (Wildman–Crippen MR) is 62.7 cm³/mol. The first-order valence-electron chi connectivity index (χ1n) is 5.27. The lowest BCUT2D eigenvalue weighted by molar-refractivity contribution is -0.138. The first kappa shape index (κ1) is 13.6. The van der Waals surface area contributed by atoms with Gasteiger partial charge < -0.3 is 10.5 Å². The number of hydrogen-bond donors (Lipinski definition) is 1. The van der Waals surface area contributed by atoms with E-state index in [-0.39, 0.29) is 17.3 Å². The van der Waals surface area contributed by atoms with E-state index in [1.807, 2.05) is 0 Å². The number of aromatic nitrogens is 2. The number of benzene rings is 1. The monoisotopic (exact) mass is 280 g/mol. The van der Waals surface area contributed by atoms with Crippen LogP contribution in [0.1, 0.15) is 11.1 Å². The molecule has 0 amide bonds. The maximum Gasteiger partial charge on any atom is 0.420 e. The first-order valence-corrected chi connectivity index (χ1v) is 5.27. The second kappa shape index (κ2) is 5.05. The summed E-state index contributed by atoms with van der Waals surface area (Å²) in [6, 6.07) is 5.81. The number of rotatable bonds is 2. The highest BCUT2D eigenvalue weighted by atomic mass is 19.4. The normalized spacial score (nSPS) is 10.9. The molecule has 2 aromatic rings. The van der Waals surface area contributed by atoms with E-state index < -0.39 is 17.5 Å². The molecule has 0 aliphatic carbocycles. The molecule has 2 N–H and O–H groups in total. The minimum Gasteiger partial charge on any atom is -0.438 e. The Labute approximate surface area is 111 Å². The zero-order valence-electron chi connectivity index (χ0n) is 9.85. The van der Waals surface area contributed by atoms with Crippen LogP contribution >= 0.6 is 0 Å². The van der Waals surface area contributed by atoms with Gasteiger partial charge in [0.15, 0.2) is 0 Å². The highest BCUT2D eigenvalue weighted by Crippen LogP contribution is 2.38. The van der Waals surface area contributed by atoms with Crippen LogP contribution in [0.4, 0.5) is 19.0 Å². The summed E-state index contributed by atoms with van der Waals surface area (Å²) in [5, 5.41) is 8.65. The minimum atomic E-state index is -4.65. The average Bonchev–Trinajstić information content (AvgIpc) is 2.38. The molecule has 2 rings (SSSR count). The van der Waals surface area contributed by atoms with E-state index in [0.717, 1.165) is 12.4 Å². The van der Waals surface area contributed by atoms with E-state index in [2.05, 4.69) is 9.97 Å². The topological polar surface area (TPSA) is 84.8 Å². The Morgan fingerprint density at radius 3 is 2.55 bits per heavy atom. The molecule has 0 spiro atoms. The van der Waals surface area contributed by atoms with Crippen LogP contribution in [0.25, 0.3) is 0 Å². The number of halogens is 3. The third-order valence-corrected chi connectivity index (χ3v) is 2.29. The van der Waals surface area contributed by atoms with Gasteiger partial charge in [0.2, 0.25) is 5.88 Å². The standard InChI is InChI=1S/C12H7F3N4O/c13-12(14,15)8-3-7(5-16)1-2-9(8)20-11-4-10(17)18-6-19-11/h1-4,6H,(H2,17,18,19). The Bertz CT molecular complexity index is 679. The fourth-order valence-electron chi connectivity index (χ4n) is 1.43. The second-order valence-corrected chi connectivity index (χ2v) is 3.70. The van der Waals surface area contributed by atoms with Crippen LogP contribution < -0.4 is 10.5 Å². The molecule has 0 fully saturated rings. The molecule has 0 saturated carbocycles. The van der Waals surface area contributed by atoms with Crippen LogP contribution in [0.15, 0.2) is 30.6 Å². The molecule has 5 nitrogen and oxygen atoms in total. The summed E-state index contributed by atoms with van der Waals surface area (Å²) in [5.74, 6) is -0.514. The maximum absolute atomic E-state index is 12.9. The lowest BCUT2D eigenvalue weighted by Gasteiger charge is -2.13. The second-order valence-electron chi connectivity index (χ2n) is 3.70. The molecule has 1 heterocycles. The first-order chi connectivity index (χ1) is 9.40. The van der Waals surface area contributed by atoms with Gasteiger partial charge in [0.05, 0.1) is 17.2 Å². The van der Waals surface area contributed by atoms with E-state index in [1.54, 1.807) is 6.07 Å². The molecule has 8 heteroatoms. The van der Waals surface area contributed by atoms with Gasteiger partial charge in [-0.15, -0.1) is 0 Å². The van der Waals surface area contributed by atoms with Crippen molar-refractivity contribution in [2.75, 3.05) is 5.73 Å². The molecule has 0 unspecified atom stereocenters. The third-order valence-electron chi connectivity index (χ3n) is 2.29. The van der Waals surface area contributed by atoms with Gasteiger partial charge in [-0.3, -0.25) is 0 Å². The average molecular weight is 280 g/mol. The molecule has 0 aliphatic rings. The molecular weight excluding hydrogens is 273 g/mol. The highest BCUT2D eigenvalue weighted by molar-refractivity contribution is 5.45. The molecule has 0 aliphatic heterocycles. The number of anilines is 1. The number of hydrogen-bond acceptors (Lipinski definition) is 5. The van der Waals surface area contributed by atoms with Crippen molar-refractivity contribution in [2.45, 2.75) is 6.18 Å². The SMILES string of the molecule is N#Cc1ccc(Oc2cc(N)ncn2)c(C(F)(F)F)c1. The lowest BCUT2D eigenvalue weighted by atomic mass is 10.1. The summed E-state index contributed by atoms with van der Waals surface area (Å²) in [4.78, 5) is 7.26. The van der Waals surface area contributed by atoms with Crippen molar-refractivity contribution in [3.63, 3.8) is 0 Å². The fraction of sp³-hybridized carbons (Fsp3) is 0.0833. The Kier molecular flexibility index (Phi) is 3.43. The summed E-state index contributed by atoms with van der Waals surface area (Å²) in [6.07, 6.45) is -3.58. The molecule has 102 valence electrons. The number of ether oxygens (including phenoxy) is 1. The third kappa shape index (κ3) is 2.95. The van der Waals surface area contributed by atoms with Gasteiger partial charge in [-0.1, -0.05) is 0 Å². The molecule has 0 atom stereocenters. The van der Waals surface area contributed by atoms with Gasteiger partial charge in [0.1, 0.15) is 17.9 Å². The highest BCUT2D eigenvalue weighted by Gasteiger charge is 2.35. The number of nitrogens with zero attached hydrogens (tertiary/aromatic N) is 3. The van der Waals surface area contributed by atoms with Gasteiger partial charge in [0, 0.05) is 6.07 Å². The van der Waals surface area contributed by atoms with Crippen LogP contribution in [0.5, 0.6) is 11.6 Å². The molecule has 0 bridgehead atoms. The largest absolute Gasteiger partial charge is 0.438 e. The summed E-state index contributed by atoms with van der Waals surface area (Å²) < 4.78 is 43.8. The summed E-state index contributed by atoms with van der Waals surface area (Å²) in [6.45, 7) is 0. The van der Waals surface area contributed by atoms with Crippen molar-refractivity contribution >= 4 is 5.82 Å². The van der Waals surface area contributed by atoms with Gasteiger partial charge in [-0.25, -0.2) is 9.97 Å². The van der Waals surface area contributed by atoms with E-state index >= 15 is 0 Å². The quantitative estimate of drug-likeness (QED) is 0.914.